The van der Waals surface area contributed by atoms with Gasteiger partial charge in [0.25, 0.3) is 0 Å². The van der Waals surface area contributed by atoms with Crippen molar-refractivity contribution in [3.63, 3.8) is 0 Å². The van der Waals surface area contributed by atoms with Gasteiger partial charge in [0.1, 0.15) is 22.9 Å². The van der Waals surface area contributed by atoms with Gasteiger partial charge in [0.05, 0.1) is 23.6 Å². The van der Waals surface area contributed by atoms with Crippen molar-refractivity contribution in [2.75, 3.05) is 11.1 Å². The Morgan fingerprint density at radius 3 is 2.52 bits per heavy atom. The van der Waals surface area contributed by atoms with E-state index in [-0.39, 0.29) is 23.2 Å². The zero-order chi connectivity index (χ0) is 20.7. The number of pyridine rings is 1. The summed E-state index contributed by atoms with van der Waals surface area (Å²) in [7, 11) is 0. The molecule has 0 saturated carbocycles. The van der Waals surface area contributed by atoms with Gasteiger partial charge < -0.3 is 15.6 Å². The van der Waals surface area contributed by atoms with Crippen LogP contribution in [0.5, 0.6) is 0 Å². The van der Waals surface area contributed by atoms with E-state index < -0.39 is 11.6 Å². The molecule has 4 aromatic rings. The third kappa shape index (κ3) is 3.46. The van der Waals surface area contributed by atoms with Gasteiger partial charge in [0.2, 0.25) is 5.95 Å². The Balaban J connectivity index is 1.80. The summed E-state index contributed by atoms with van der Waals surface area (Å²) in [6.45, 7) is 5.77. The predicted molar refractivity (Wildman–Crippen MR) is 108 cm³/mol. The number of hydrogen-bond donors (Lipinski definition) is 2. The molecule has 0 amide bonds. The molecule has 3 heterocycles. The SMILES string of the molecule is Cc1nc2c(F)cc(-c3nc(Nc4ccc(N)cn4)ncc3F)cc2n1C(C)C. The highest BCUT2D eigenvalue weighted by atomic mass is 19.1. The fourth-order valence-electron chi connectivity index (χ4n) is 3.28. The smallest absolute Gasteiger partial charge is 0.229 e. The molecule has 0 aliphatic carbocycles. The van der Waals surface area contributed by atoms with Crippen LogP contribution in [0.15, 0.2) is 36.7 Å². The standard InChI is InChI=1S/C20H19F2N7/c1-10(2)29-11(3)26-19-14(21)6-12(7-16(19)29)18-15(22)9-25-20(28-18)27-17-5-4-13(23)8-24-17/h4-10H,23H2,1-3H3,(H,24,25,27,28). The molecule has 1 aromatic carbocycles. The van der Waals surface area contributed by atoms with Crippen LogP contribution in [0.2, 0.25) is 0 Å². The highest BCUT2D eigenvalue weighted by Gasteiger charge is 2.18. The number of aryl methyl sites for hydroxylation is 1. The summed E-state index contributed by atoms with van der Waals surface area (Å²) in [6.07, 6.45) is 2.51. The number of aromatic nitrogens is 5. The molecule has 29 heavy (non-hydrogen) atoms. The molecule has 7 nitrogen and oxygen atoms in total. The third-order valence-corrected chi connectivity index (χ3v) is 4.49. The maximum Gasteiger partial charge on any atom is 0.229 e. The van der Waals surface area contributed by atoms with Crippen molar-refractivity contribution in [2.24, 2.45) is 0 Å². The molecule has 3 N–H and O–H groups in total. The number of hydrogen-bond acceptors (Lipinski definition) is 6. The van der Waals surface area contributed by atoms with Gasteiger partial charge in [-0.15, -0.1) is 0 Å². The fraction of sp³-hybridized carbons (Fsp3) is 0.200. The van der Waals surface area contributed by atoms with Crippen LogP contribution < -0.4 is 11.1 Å². The van der Waals surface area contributed by atoms with E-state index in [9.17, 15) is 8.78 Å². The normalized spacial score (nSPS) is 11.4. The number of anilines is 3. The molecule has 0 saturated heterocycles. The van der Waals surface area contributed by atoms with Crippen molar-refractivity contribution in [3.05, 3.63) is 54.1 Å². The Bertz CT molecular complexity index is 1200. The molecule has 0 unspecified atom stereocenters. The molecule has 0 fully saturated rings. The minimum absolute atomic E-state index is 0.0205. The third-order valence-electron chi connectivity index (χ3n) is 4.49. The average Bonchev–Trinajstić information content (AvgIpc) is 3.02. The molecule has 148 valence electrons. The number of rotatable bonds is 4. The lowest BCUT2D eigenvalue weighted by molar-refractivity contribution is 0.600. The van der Waals surface area contributed by atoms with Crippen LogP contribution in [0.3, 0.4) is 0 Å². The minimum Gasteiger partial charge on any atom is -0.397 e. The number of halogens is 2. The summed E-state index contributed by atoms with van der Waals surface area (Å²) in [5, 5.41) is 2.89. The van der Waals surface area contributed by atoms with Crippen LogP contribution in [0.1, 0.15) is 25.7 Å². The fourth-order valence-corrected chi connectivity index (χ4v) is 3.28. The van der Waals surface area contributed by atoms with Gasteiger partial charge in [-0.3, -0.25) is 0 Å². The van der Waals surface area contributed by atoms with Gasteiger partial charge in [-0.25, -0.2) is 28.7 Å². The lowest BCUT2D eigenvalue weighted by atomic mass is 10.1. The van der Waals surface area contributed by atoms with Crippen molar-refractivity contribution < 1.29 is 8.78 Å². The van der Waals surface area contributed by atoms with Crippen LogP contribution in [0.25, 0.3) is 22.3 Å². The monoisotopic (exact) mass is 395 g/mol. The number of fused-ring (bicyclic) bond motifs is 1. The maximum atomic E-state index is 14.7. The highest BCUT2D eigenvalue weighted by molar-refractivity contribution is 5.83. The zero-order valence-corrected chi connectivity index (χ0v) is 16.1. The topological polar surface area (TPSA) is 94.5 Å². The Morgan fingerprint density at radius 1 is 1.03 bits per heavy atom. The summed E-state index contributed by atoms with van der Waals surface area (Å²) < 4.78 is 31.1. The van der Waals surface area contributed by atoms with E-state index in [1.54, 1.807) is 18.2 Å². The molecule has 0 radical (unpaired) electrons. The first-order valence-corrected chi connectivity index (χ1v) is 9.03. The summed E-state index contributed by atoms with van der Waals surface area (Å²) in [6, 6.07) is 6.31. The van der Waals surface area contributed by atoms with Crippen LogP contribution in [0, 0.1) is 18.6 Å². The first-order chi connectivity index (χ1) is 13.8. The average molecular weight is 395 g/mol. The molecular weight excluding hydrogens is 376 g/mol. The van der Waals surface area contributed by atoms with Crippen molar-refractivity contribution in [1.29, 1.82) is 0 Å². The molecular formula is C20H19F2N7. The van der Waals surface area contributed by atoms with Crippen molar-refractivity contribution in [3.8, 4) is 11.3 Å². The molecule has 0 atom stereocenters. The number of nitrogen functional groups attached to an aromatic ring is 1. The number of imidazole rings is 1. The van der Waals surface area contributed by atoms with E-state index in [1.165, 1.54) is 12.3 Å². The van der Waals surface area contributed by atoms with E-state index in [1.807, 2.05) is 25.3 Å². The first-order valence-electron chi connectivity index (χ1n) is 9.03. The molecule has 3 aromatic heterocycles. The van der Waals surface area contributed by atoms with E-state index in [4.69, 9.17) is 5.73 Å². The quantitative estimate of drug-likeness (QED) is 0.532. The number of benzene rings is 1. The van der Waals surface area contributed by atoms with Crippen molar-refractivity contribution in [1.82, 2.24) is 24.5 Å². The molecule has 0 bridgehead atoms. The summed E-state index contributed by atoms with van der Waals surface area (Å²) in [5.74, 6) is 0.0743. The summed E-state index contributed by atoms with van der Waals surface area (Å²) in [4.78, 5) is 16.6. The van der Waals surface area contributed by atoms with E-state index >= 15 is 0 Å². The Labute approximate surface area is 165 Å². The van der Waals surface area contributed by atoms with Gasteiger partial charge in [-0.2, -0.15) is 0 Å². The lowest BCUT2D eigenvalue weighted by Gasteiger charge is -2.12. The van der Waals surface area contributed by atoms with E-state index in [0.29, 0.717) is 28.4 Å². The lowest BCUT2D eigenvalue weighted by Crippen LogP contribution is -2.04. The molecule has 0 aliphatic heterocycles. The zero-order valence-electron chi connectivity index (χ0n) is 16.1. The predicted octanol–water partition coefficient (Wildman–Crippen LogP) is 4.38. The summed E-state index contributed by atoms with van der Waals surface area (Å²) >= 11 is 0. The van der Waals surface area contributed by atoms with Gasteiger partial charge in [0.15, 0.2) is 11.6 Å². The van der Waals surface area contributed by atoms with Crippen LogP contribution in [-0.2, 0) is 0 Å². The van der Waals surface area contributed by atoms with E-state index in [0.717, 1.165) is 6.20 Å². The van der Waals surface area contributed by atoms with E-state index in [2.05, 4.69) is 25.3 Å². The second kappa shape index (κ2) is 7.08. The molecule has 4 rings (SSSR count). The highest BCUT2D eigenvalue weighted by Crippen LogP contribution is 2.30. The number of nitrogens with two attached hydrogens (primary N) is 1. The first kappa shape index (κ1) is 18.7. The molecule has 9 heteroatoms. The van der Waals surface area contributed by atoms with Crippen LogP contribution in [-0.4, -0.2) is 24.5 Å². The number of nitrogens with zero attached hydrogens (tertiary/aromatic N) is 5. The second-order valence-corrected chi connectivity index (χ2v) is 6.94. The van der Waals surface area contributed by atoms with Crippen LogP contribution >= 0.6 is 0 Å². The van der Waals surface area contributed by atoms with Gasteiger partial charge >= 0.3 is 0 Å². The van der Waals surface area contributed by atoms with Gasteiger partial charge in [0, 0.05) is 11.6 Å². The van der Waals surface area contributed by atoms with Crippen molar-refractivity contribution in [2.45, 2.75) is 26.8 Å². The van der Waals surface area contributed by atoms with Crippen molar-refractivity contribution >= 4 is 28.5 Å². The molecule has 0 spiro atoms. The number of nitrogens with one attached hydrogen (secondary N) is 1. The maximum absolute atomic E-state index is 14.7. The minimum atomic E-state index is -0.660. The Hall–Kier alpha value is -3.62. The molecule has 0 aliphatic rings. The van der Waals surface area contributed by atoms with Gasteiger partial charge in [-0.05, 0) is 45.0 Å². The second-order valence-electron chi connectivity index (χ2n) is 6.94. The Kier molecular flexibility index (Phi) is 4.57. The largest absolute Gasteiger partial charge is 0.397 e. The van der Waals surface area contributed by atoms with Crippen LogP contribution in [0.4, 0.5) is 26.2 Å². The summed E-state index contributed by atoms with van der Waals surface area (Å²) in [5.41, 5.74) is 7.24. The van der Waals surface area contributed by atoms with Gasteiger partial charge in [-0.1, -0.05) is 0 Å². The Morgan fingerprint density at radius 2 is 1.83 bits per heavy atom.